The number of hydrogen-bond donors (Lipinski definition) is 1. The maximum atomic E-state index is 10.7. The van der Waals surface area contributed by atoms with Crippen molar-refractivity contribution in [3.63, 3.8) is 0 Å². The Morgan fingerprint density at radius 3 is 2.79 bits per heavy atom. The highest BCUT2D eigenvalue weighted by Gasteiger charge is 2.22. The lowest BCUT2D eigenvalue weighted by Crippen LogP contribution is -2.47. The summed E-state index contributed by atoms with van der Waals surface area (Å²) in [6, 6.07) is 5.59. The maximum absolute atomic E-state index is 10.7. The fourth-order valence-corrected chi connectivity index (χ4v) is 3.57. The molecule has 1 saturated heterocycles. The number of likely N-dealkylation sites (N-methyl/N-ethyl adjacent to an activating group) is 1. The molecule has 0 aromatic heterocycles. The molecule has 24 heavy (non-hydrogen) atoms. The van der Waals surface area contributed by atoms with Gasteiger partial charge in [-0.2, -0.15) is 0 Å². The van der Waals surface area contributed by atoms with Crippen LogP contribution < -0.4 is 0 Å². The van der Waals surface area contributed by atoms with Crippen molar-refractivity contribution in [1.82, 2.24) is 9.80 Å². The molecule has 1 atom stereocenters. The number of morpholine rings is 1. The SMILES string of the molecule is CN(CC(=O)O)CC1CN(CCCc2c(Cl)cccc2Cl)CCO1. The summed E-state index contributed by atoms with van der Waals surface area (Å²) in [5, 5.41) is 10.3. The minimum atomic E-state index is -0.818. The van der Waals surface area contributed by atoms with E-state index < -0.39 is 5.97 Å². The van der Waals surface area contributed by atoms with E-state index in [-0.39, 0.29) is 12.6 Å². The molecule has 1 aromatic rings. The number of carboxylic acids is 1. The van der Waals surface area contributed by atoms with Gasteiger partial charge in [0.15, 0.2) is 0 Å². The van der Waals surface area contributed by atoms with Crippen LogP contribution in [0.25, 0.3) is 0 Å². The molecule has 0 aliphatic carbocycles. The summed E-state index contributed by atoms with van der Waals surface area (Å²) in [7, 11) is 1.80. The number of carboxylic acid groups (broad SMARTS) is 1. The third-order valence-corrected chi connectivity index (χ3v) is 4.81. The van der Waals surface area contributed by atoms with Gasteiger partial charge in [0, 0.05) is 29.7 Å². The molecule has 1 fully saturated rings. The second kappa shape index (κ2) is 9.59. The van der Waals surface area contributed by atoms with E-state index in [4.69, 9.17) is 33.0 Å². The normalized spacial score (nSPS) is 18.9. The topological polar surface area (TPSA) is 53.0 Å². The van der Waals surface area contributed by atoms with Crippen LogP contribution in [0.4, 0.5) is 0 Å². The highest BCUT2D eigenvalue weighted by atomic mass is 35.5. The first kappa shape index (κ1) is 19.5. The van der Waals surface area contributed by atoms with Gasteiger partial charge in [-0.25, -0.2) is 0 Å². The summed E-state index contributed by atoms with van der Waals surface area (Å²) in [5.41, 5.74) is 1.01. The van der Waals surface area contributed by atoms with Crippen LogP contribution in [0.2, 0.25) is 10.0 Å². The van der Waals surface area contributed by atoms with Crippen LogP contribution in [0.1, 0.15) is 12.0 Å². The van der Waals surface area contributed by atoms with Crippen LogP contribution in [-0.2, 0) is 16.0 Å². The average molecular weight is 375 g/mol. The smallest absolute Gasteiger partial charge is 0.317 e. The first-order chi connectivity index (χ1) is 11.5. The van der Waals surface area contributed by atoms with Gasteiger partial charge in [0.1, 0.15) is 0 Å². The molecule has 1 unspecified atom stereocenters. The molecule has 0 amide bonds. The summed E-state index contributed by atoms with van der Waals surface area (Å²) < 4.78 is 5.74. The largest absolute Gasteiger partial charge is 0.480 e. The molecule has 0 spiro atoms. The van der Waals surface area contributed by atoms with E-state index in [9.17, 15) is 4.79 Å². The van der Waals surface area contributed by atoms with Crippen molar-refractivity contribution in [3.05, 3.63) is 33.8 Å². The number of carbonyl (C=O) groups is 1. The minimum Gasteiger partial charge on any atom is -0.480 e. The summed E-state index contributed by atoms with van der Waals surface area (Å²) in [6.45, 7) is 4.00. The van der Waals surface area contributed by atoms with Gasteiger partial charge in [0.25, 0.3) is 0 Å². The third-order valence-electron chi connectivity index (χ3n) is 4.11. The Morgan fingerprint density at radius 2 is 2.12 bits per heavy atom. The Labute approximate surface area is 153 Å². The lowest BCUT2D eigenvalue weighted by Gasteiger charge is -2.34. The van der Waals surface area contributed by atoms with Crippen LogP contribution in [0.15, 0.2) is 18.2 Å². The van der Waals surface area contributed by atoms with Crippen molar-refractivity contribution in [2.24, 2.45) is 0 Å². The third kappa shape index (κ3) is 6.22. The second-order valence-corrected chi connectivity index (χ2v) is 7.00. The van der Waals surface area contributed by atoms with Gasteiger partial charge in [-0.3, -0.25) is 14.6 Å². The van der Waals surface area contributed by atoms with Crippen LogP contribution in [0.3, 0.4) is 0 Å². The molecule has 1 N–H and O–H groups in total. The Kier molecular flexibility index (Phi) is 7.78. The van der Waals surface area contributed by atoms with Crippen molar-refractivity contribution in [2.45, 2.75) is 18.9 Å². The van der Waals surface area contributed by atoms with E-state index in [2.05, 4.69) is 4.90 Å². The molecule has 7 heteroatoms. The van der Waals surface area contributed by atoms with Gasteiger partial charge < -0.3 is 9.84 Å². The predicted octanol–water partition coefficient (Wildman–Crippen LogP) is 2.64. The monoisotopic (exact) mass is 374 g/mol. The first-order valence-electron chi connectivity index (χ1n) is 8.13. The molecule has 1 aliphatic rings. The van der Waals surface area contributed by atoms with Crippen molar-refractivity contribution in [3.8, 4) is 0 Å². The van der Waals surface area contributed by atoms with Gasteiger partial charge >= 0.3 is 5.97 Å². The lowest BCUT2D eigenvalue weighted by atomic mass is 10.1. The van der Waals surface area contributed by atoms with Crippen LogP contribution in [-0.4, -0.2) is 73.4 Å². The molecule has 1 heterocycles. The predicted molar refractivity (Wildman–Crippen MR) is 96.1 cm³/mol. The van der Waals surface area contributed by atoms with E-state index in [1.807, 2.05) is 18.2 Å². The van der Waals surface area contributed by atoms with Gasteiger partial charge in [-0.05, 0) is 44.1 Å². The van der Waals surface area contributed by atoms with Crippen LogP contribution >= 0.6 is 23.2 Å². The van der Waals surface area contributed by atoms with Gasteiger partial charge in [0.2, 0.25) is 0 Å². The first-order valence-corrected chi connectivity index (χ1v) is 8.88. The highest BCUT2D eigenvalue weighted by Crippen LogP contribution is 2.25. The zero-order valence-electron chi connectivity index (χ0n) is 13.9. The molecule has 0 saturated carbocycles. The quantitative estimate of drug-likeness (QED) is 0.757. The number of hydrogen-bond acceptors (Lipinski definition) is 4. The molecule has 0 radical (unpaired) electrons. The average Bonchev–Trinajstić information content (AvgIpc) is 2.49. The molecule has 134 valence electrons. The summed E-state index contributed by atoms with van der Waals surface area (Å²) in [5.74, 6) is -0.818. The second-order valence-electron chi connectivity index (χ2n) is 6.19. The Balaban J connectivity index is 1.76. The number of rotatable bonds is 8. The van der Waals surface area contributed by atoms with Crippen LogP contribution in [0, 0.1) is 0 Å². The Hall–Kier alpha value is -0.850. The molecule has 1 aliphatic heterocycles. The van der Waals surface area contributed by atoms with Gasteiger partial charge in [-0.15, -0.1) is 0 Å². The molecule has 0 bridgehead atoms. The fraction of sp³-hybridized carbons (Fsp3) is 0.588. The minimum absolute atomic E-state index is 0.0326. The number of halogens is 2. The fourth-order valence-electron chi connectivity index (χ4n) is 2.99. The van der Waals surface area contributed by atoms with Crippen LogP contribution in [0.5, 0.6) is 0 Å². The van der Waals surface area contributed by atoms with Crippen molar-refractivity contribution in [1.29, 1.82) is 0 Å². The standard InChI is InChI=1S/C17H24Cl2N2O3/c1-20(12-17(22)23)10-13-11-21(8-9-24-13)7-3-4-14-15(18)5-2-6-16(14)19/h2,5-6,13H,3-4,7-12H2,1H3,(H,22,23). The molecule has 1 aromatic carbocycles. The van der Waals surface area contributed by atoms with Gasteiger partial charge in [-0.1, -0.05) is 29.3 Å². The van der Waals surface area contributed by atoms with E-state index in [0.29, 0.717) is 13.2 Å². The summed E-state index contributed by atoms with van der Waals surface area (Å²) in [6.07, 6.45) is 1.87. The molecular formula is C17H24Cl2N2O3. The van der Waals surface area contributed by atoms with Crippen molar-refractivity contribution >= 4 is 29.2 Å². The Morgan fingerprint density at radius 1 is 1.42 bits per heavy atom. The van der Waals surface area contributed by atoms with Gasteiger partial charge in [0.05, 0.1) is 19.3 Å². The van der Waals surface area contributed by atoms with Crippen molar-refractivity contribution < 1.29 is 14.6 Å². The number of ether oxygens (including phenoxy) is 1. The molecular weight excluding hydrogens is 351 g/mol. The molecule has 2 rings (SSSR count). The Bertz CT molecular complexity index is 536. The summed E-state index contributed by atoms with van der Waals surface area (Å²) >= 11 is 12.4. The number of benzene rings is 1. The van der Waals surface area contributed by atoms with Crippen molar-refractivity contribution in [2.75, 3.05) is 46.4 Å². The van der Waals surface area contributed by atoms with E-state index >= 15 is 0 Å². The number of aliphatic carboxylic acids is 1. The van der Waals surface area contributed by atoms with E-state index in [0.717, 1.165) is 48.1 Å². The zero-order valence-corrected chi connectivity index (χ0v) is 15.4. The van der Waals surface area contributed by atoms with E-state index in [1.165, 1.54) is 0 Å². The highest BCUT2D eigenvalue weighted by molar-refractivity contribution is 6.35. The maximum Gasteiger partial charge on any atom is 0.317 e. The zero-order chi connectivity index (χ0) is 17.5. The van der Waals surface area contributed by atoms with E-state index in [1.54, 1.807) is 11.9 Å². The lowest BCUT2D eigenvalue weighted by molar-refractivity contribution is -0.138. The number of nitrogens with zero attached hydrogens (tertiary/aromatic N) is 2. The summed E-state index contributed by atoms with van der Waals surface area (Å²) in [4.78, 5) is 14.9. The molecule has 5 nitrogen and oxygen atoms in total.